The summed E-state index contributed by atoms with van der Waals surface area (Å²) in [7, 11) is 0. The zero-order valence-electron chi connectivity index (χ0n) is 16.0. The minimum Gasteiger partial charge on any atom is -0.472 e. The Morgan fingerprint density at radius 1 is 1.18 bits per heavy atom. The molecule has 8 unspecified atom stereocenters. The highest BCUT2D eigenvalue weighted by molar-refractivity contribution is 5.78. The van der Waals surface area contributed by atoms with Gasteiger partial charge in [0.2, 0.25) is 0 Å². The maximum Gasteiger partial charge on any atom is 0.310 e. The fraction of sp³-hybridized carbons (Fsp3) is 0.667. The van der Waals surface area contributed by atoms with Gasteiger partial charge in [0.05, 0.1) is 24.4 Å². The lowest BCUT2D eigenvalue weighted by atomic mass is 9.48. The fourth-order valence-corrected chi connectivity index (χ4v) is 6.31. The van der Waals surface area contributed by atoms with Gasteiger partial charge in [0.1, 0.15) is 18.3 Å². The van der Waals surface area contributed by atoms with Crippen LogP contribution < -0.4 is 0 Å². The first-order chi connectivity index (χ1) is 13.4. The predicted molar refractivity (Wildman–Crippen MR) is 93.5 cm³/mol. The summed E-state index contributed by atoms with van der Waals surface area (Å²) in [4.78, 5) is 37.2. The van der Waals surface area contributed by atoms with E-state index in [-0.39, 0.29) is 59.2 Å². The molecule has 1 aromatic heterocycles. The molecule has 0 radical (unpaired) electrons. The summed E-state index contributed by atoms with van der Waals surface area (Å²) in [5, 5.41) is 0. The quantitative estimate of drug-likeness (QED) is 0.568. The molecule has 7 nitrogen and oxygen atoms in total. The highest BCUT2D eigenvalue weighted by Crippen LogP contribution is 2.62. The molecule has 150 valence electrons. The van der Waals surface area contributed by atoms with Crippen LogP contribution in [0.3, 0.4) is 0 Å². The third-order valence-electron chi connectivity index (χ3n) is 7.49. The van der Waals surface area contributed by atoms with Crippen LogP contribution in [-0.4, -0.2) is 30.1 Å². The molecule has 2 saturated heterocycles. The van der Waals surface area contributed by atoms with Gasteiger partial charge >= 0.3 is 17.9 Å². The van der Waals surface area contributed by atoms with E-state index in [4.69, 9.17) is 18.6 Å². The molecular weight excluding hydrogens is 364 g/mol. The smallest absolute Gasteiger partial charge is 0.310 e. The number of fused-ring (bicyclic) bond motifs is 6. The first-order valence-electron chi connectivity index (χ1n) is 9.97. The molecule has 5 rings (SSSR count). The van der Waals surface area contributed by atoms with Gasteiger partial charge in [0, 0.05) is 18.4 Å². The highest BCUT2D eigenvalue weighted by atomic mass is 16.6. The first kappa shape index (κ1) is 17.8. The van der Waals surface area contributed by atoms with Crippen molar-refractivity contribution in [3.8, 4) is 0 Å². The number of hydrogen-bond acceptors (Lipinski definition) is 7. The van der Waals surface area contributed by atoms with E-state index in [1.807, 2.05) is 6.07 Å². The van der Waals surface area contributed by atoms with Crippen molar-refractivity contribution in [2.24, 2.45) is 29.1 Å². The van der Waals surface area contributed by atoms with Gasteiger partial charge < -0.3 is 18.6 Å². The first-order valence-corrected chi connectivity index (χ1v) is 9.97. The number of carbonyl (C=O) groups excluding carboxylic acids is 3. The van der Waals surface area contributed by atoms with Crippen molar-refractivity contribution in [3.63, 3.8) is 0 Å². The van der Waals surface area contributed by atoms with Gasteiger partial charge in [-0.15, -0.1) is 0 Å². The van der Waals surface area contributed by atoms with Gasteiger partial charge in [-0.3, -0.25) is 14.4 Å². The molecule has 2 aliphatic heterocycles. The highest BCUT2D eigenvalue weighted by Gasteiger charge is 2.65. The van der Waals surface area contributed by atoms with E-state index in [1.54, 1.807) is 12.5 Å². The van der Waals surface area contributed by atoms with E-state index in [1.165, 1.54) is 6.92 Å². The minimum atomic E-state index is -0.463. The van der Waals surface area contributed by atoms with Crippen LogP contribution >= 0.6 is 0 Å². The third kappa shape index (κ3) is 2.51. The summed E-state index contributed by atoms with van der Waals surface area (Å²) in [5.41, 5.74) is 0.488. The molecule has 2 bridgehead atoms. The topological polar surface area (TPSA) is 92.0 Å². The van der Waals surface area contributed by atoms with Crippen LogP contribution in [0.25, 0.3) is 0 Å². The Bertz CT molecular complexity index is 815. The Kier molecular flexibility index (Phi) is 3.87. The monoisotopic (exact) mass is 388 g/mol. The lowest BCUT2D eigenvalue weighted by Gasteiger charge is -2.57. The molecular formula is C21H24O7. The molecule has 0 N–H and O–H groups in total. The fourth-order valence-electron chi connectivity index (χ4n) is 6.31. The van der Waals surface area contributed by atoms with Crippen LogP contribution in [0.4, 0.5) is 0 Å². The Morgan fingerprint density at radius 3 is 2.71 bits per heavy atom. The van der Waals surface area contributed by atoms with Gasteiger partial charge in [0.15, 0.2) is 0 Å². The molecule has 4 fully saturated rings. The van der Waals surface area contributed by atoms with E-state index in [0.717, 1.165) is 5.56 Å². The average Bonchev–Trinajstić information content (AvgIpc) is 3.25. The molecule has 2 aliphatic carbocycles. The summed E-state index contributed by atoms with van der Waals surface area (Å²) in [6, 6.07) is 1.82. The minimum absolute atomic E-state index is 0.0491. The molecule has 0 aromatic carbocycles. The number of carbonyl (C=O) groups is 3. The van der Waals surface area contributed by atoms with E-state index < -0.39 is 6.10 Å². The number of hydrogen-bond donors (Lipinski definition) is 0. The second-order valence-corrected chi connectivity index (χ2v) is 8.95. The summed E-state index contributed by atoms with van der Waals surface area (Å²) in [6.07, 6.45) is 4.67. The molecule has 2 saturated carbocycles. The Labute approximate surface area is 162 Å². The standard InChI is InChI=1S/C21H24O7/c1-10(22)26-16-7-15-20(24)28-17(11-3-4-25-9-11)8-21(15,2)14-6-12-5-13(18(14)16)19(23)27-12/h3-4,9,12-18H,5-8H2,1-2H3. The van der Waals surface area contributed by atoms with Gasteiger partial charge in [-0.05, 0) is 43.1 Å². The lowest BCUT2D eigenvalue weighted by Crippen LogP contribution is -2.59. The number of cyclic esters (lactones) is 1. The van der Waals surface area contributed by atoms with Crippen molar-refractivity contribution in [2.75, 3.05) is 0 Å². The molecule has 0 spiro atoms. The van der Waals surface area contributed by atoms with Crippen molar-refractivity contribution in [3.05, 3.63) is 24.2 Å². The Morgan fingerprint density at radius 2 is 2.00 bits per heavy atom. The zero-order valence-corrected chi connectivity index (χ0v) is 16.0. The van der Waals surface area contributed by atoms with Crippen molar-refractivity contribution in [1.29, 1.82) is 0 Å². The van der Waals surface area contributed by atoms with Crippen LogP contribution in [0.5, 0.6) is 0 Å². The van der Waals surface area contributed by atoms with Crippen molar-refractivity contribution in [2.45, 2.75) is 57.8 Å². The SMILES string of the molecule is CC(=O)OC1CC2C(=O)OC(c3ccoc3)CC2(C)C2CC3CC(C(=O)O3)C12. The van der Waals surface area contributed by atoms with Gasteiger partial charge in [0.25, 0.3) is 0 Å². The number of esters is 3. The van der Waals surface area contributed by atoms with Crippen LogP contribution in [0.15, 0.2) is 23.0 Å². The van der Waals surface area contributed by atoms with E-state index >= 15 is 0 Å². The van der Waals surface area contributed by atoms with Crippen molar-refractivity contribution in [1.82, 2.24) is 0 Å². The summed E-state index contributed by atoms with van der Waals surface area (Å²) in [5.74, 6) is -1.55. The molecule has 3 heterocycles. The van der Waals surface area contributed by atoms with Gasteiger partial charge in [-0.2, -0.15) is 0 Å². The summed E-state index contributed by atoms with van der Waals surface area (Å²) < 4.78 is 22.1. The summed E-state index contributed by atoms with van der Waals surface area (Å²) in [6.45, 7) is 3.50. The lowest BCUT2D eigenvalue weighted by molar-refractivity contribution is -0.207. The second kappa shape index (κ2) is 6.09. The summed E-state index contributed by atoms with van der Waals surface area (Å²) >= 11 is 0. The molecule has 28 heavy (non-hydrogen) atoms. The number of rotatable bonds is 2. The predicted octanol–water partition coefficient (Wildman–Crippen LogP) is 2.79. The molecule has 7 heteroatoms. The Balaban J connectivity index is 1.54. The van der Waals surface area contributed by atoms with Crippen molar-refractivity contribution < 1.29 is 33.0 Å². The van der Waals surface area contributed by atoms with Crippen LogP contribution in [0.2, 0.25) is 0 Å². The maximum atomic E-state index is 13.0. The second-order valence-electron chi connectivity index (χ2n) is 8.95. The zero-order chi connectivity index (χ0) is 19.6. The largest absolute Gasteiger partial charge is 0.472 e. The van der Waals surface area contributed by atoms with Crippen LogP contribution in [-0.2, 0) is 28.6 Å². The molecule has 8 atom stereocenters. The van der Waals surface area contributed by atoms with E-state index in [9.17, 15) is 14.4 Å². The third-order valence-corrected chi connectivity index (χ3v) is 7.49. The maximum absolute atomic E-state index is 13.0. The molecule has 0 amide bonds. The molecule has 4 aliphatic rings. The number of furan rings is 1. The normalized spacial score (nSPS) is 44.1. The van der Waals surface area contributed by atoms with Gasteiger partial charge in [-0.25, -0.2) is 0 Å². The van der Waals surface area contributed by atoms with Gasteiger partial charge in [-0.1, -0.05) is 6.92 Å². The van der Waals surface area contributed by atoms with Crippen LogP contribution in [0, 0.1) is 29.1 Å². The number of ether oxygens (including phenoxy) is 3. The van der Waals surface area contributed by atoms with Crippen LogP contribution in [0.1, 0.15) is 51.2 Å². The van der Waals surface area contributed by atoms with E-state index in [2.05, 4.69) is 6.92 Å². The Hall–Kier alpha value is -2.31. The molecule has 1 aromatic rings. The van der Waals surface area contributed by atoms with Crippen molar-refractivity contribution >= 4 is 17.9 Å². The van der Waals surface area contributed by atoms with E-state index in [0.29, 0.717) is 25.7 Å². The average molecular weight is 388 g/mol.